The minimum atomic E-state index is -0.468. The van der Waals surface area contributed by atoms with Crippen molar-refractivity contribution in [2.75, 3.05) is 7.11 Å². The second-order valence-corrected chi connectivity index (χ2v) is 6.42. The second-order valence-electron chi connectivity index (χ2n) is 6.42. The molecule has 1 N–H and O–H groups in total. The Morgan fingerprint density at radius 2 is 2.00 bits per heavy atom. The Bertz CT molecular complexity index is 884. The van der Waals surface area contributed by atoms with Crippen LogP contribution in [0.15, 0.2) is 30.3 Å². The van der Waals surface area contributed by atoms with Gasteiger partial charge in [-0.2, -0.15) is 10.2 Å². The van der Waals surface area contributed by atoms with Crippen molar-refractivity contribution >= 4 is 0 Å². The average molecular weight is 355 g/mol. The zero-order valence-electron chi connectivity index (χ0n) is 15.7. The molecule has 0 aliphatic heterocycles. The Labute approximate surface area is 153 Å². The molecule has 0 radical (unpaired) electrons. The van der Waals surface area contributed by atoms with Gasteiger partial charge in [-0.1, -0.05) is 19.1 Å². The maximum absolute atomic E-state index is 10.1. The van der Waals surface area contributed by atoms with Crippen LogP contribution in [0.1, 0.15) is 30.6 Å². The molecule has 0 saturated heterocycles. The topological polar surface area (TPSA) is 78.0 Å². The number of rotatable bonds is 7. The molecule has 3 rings (SSSR count). The van der Waals surface area contributed by atoms with Gasteiger partial charge in [0.15, 0.2) is 11.6 Å². The SMILES string of the molecule is CC[C@@H](O)Cn1nc(COC)nc1-c1cccc(-n2nc(C)cc2C)c1. The molecular weight excluding hydrogens is 330 g/mol. The first-order valence-corrected chi connectivity index (χ1v) is 8.76. The lowest BCUT2D eigenvalue weighted by molar-refractivity contribution is 0.144. The van der Waals surface area contributed by atoms with Gasteiger partial charge in [0.05, 0.1) is 24.0 Å². The van der Waals surface area contributed by atoms with E-state index in [9.17, 15) is 5.11 Å². The van der Waals surface area contributed by atoms with E-state index in [0.717, 1.165) is 22.6 Å². The summed E-state index contributed by atoms with van der Waals surface area (Å²) in [5.74, 6) is 1.32. The minimum absolute atomic E-state index is 0.333. The molecule has 0 amide bonds. The third-order valence-electron chi connectivity index (χ3n) is 4.20. The quantitative estimate of drug-likeness (QED) is 0.705. The van der Waals surface area contributed by atoms with Crippen LogP contribution < -0.4 is 0 Å². The Kier molecular flexibility index (Phi) is 5.49. The molecule has 2 heterocycles. The maximum atomic E-state index is 10.1. The Hall–Kier alpha value is -2.51. The fraction of sp³-hybridized carbons (Fsp3) is 0.421. The first-order valence-electron chi connectivity index (χ1n) is 8.76. The fourth-order valence-electron chi connectivity index (χ4n) is 2.92. The molecular formula is C19H25N5O2. The lowest BCUT2D eigenvalue weighted by Gasteiger charge is -2.11. The monoisotopic (exact) mass is 355 g/mol. The fourth-order valence-corrected chi connectivity index (χ4v) is 2.92. The van der Waals surface area contributed by atoms with Crippen molar-refractivity contribution < 1.29 is 9.84 Å². The van der Waals surface area contributed by atoms with Gasteiger partial charge in [-0.25, -0.2) is 14.3 Å². The van der Waals surface area contributed by atoms with Gasteiger partial charge in [-0.3, -0.25) is 0 Å². The molecule has 7 heteroatoms. The molecule has 0 spiro atoms. The summed E-state index contributed by atoms with van der Waals surface area (Å²) in [6.45, 7) is 6.68. The van der Waals surface area contributed by atoms with Gasteiger partial charge < -0.3 is 9.84 Å². The molecule has 0 aliphatic carbocycles. The highest BCUT2D eigenvalue weighted by molar-refractivity contribution is 5.59. The molecule has 0 saturated carbocycles. The third-order valence-corrected chi connectivity index (χ3v) is 4.20. The predicted molar refractivity (Wildman–Crippen MR) is 99.1 cm³/mol. The zero-order valence-corrected chi connectivity index (χ0v) is 15.7. The Balaban J connectivity index is 2.02. The number of benzene rings is 1. The van der Waals surface area contributed by atoms with E-state index in [1.165, 1.54) is 0 Å². The van der Waals surface area contributed by atoms with Crippen molar-refractivity contribution in [3.63, 3.8) is 0 Å². The van der Waals surface area contributed by atoms with Gasteiger partial charge in [-0.05, 0) is 38.5 Å². The van der Waals surface area contributed by atoms with Crippen LogP contribution in [0.4, 0.5) is 0 Å². The number of aliphatic hydroxyl groups excluding tert-OH is 1. The molecule has 3 aromatic rings. The predicted octanol–water partition coefficient (Wildman–Crippen LogP) is 2.66. The van der Waals surface area contributed by atoms with Crippen LogP contribution in [0.25, 0.3) is 17.1 Å². The summed E-state index contributed by atoms with van der Waals surface area (Å²) < 4.78 is 8.83. The zero-order chi connectivity index (χ0) is 18.7. The van der Waals surface area contributed by atoms with E-state index in [1.54, 1.807) is 11.8 Å². The normalized spacial score (nSPS) is 12.5. The number of methoxy groups -OCH3 is 1. The summed E-state index contributed by atoms with van der Waals surface area (Å²) in [4.78, 5) is 4.61. The van der Waals surface area contributed by atoms with Crippen molar-refractivity contribution in [3.8, 4) is 17.1 Å². The molecule has 1 aromatic carbocycles. The summed E-state index contributed by atoms with van der Waals surface area (Å²) in [6.07, 6.45) is 0.190. The smallest absolute Gasteiger partial charge is 0.176 e. The van der Waals surface area contributed by atoms with Crippen LogP contribution >= 0.6 is 0 Å². The van der Waals surface area contributed by atoms with Crippen LogP contribution in [0.2, 0.25) is 0 Å². The van der Waals surface area contributed by atoms with E-state index in [4.69, 9.17) is 4.74 Å². The minimum Gasteiger partial charge on any atom is -0.391 e. The molecule has 0 aliphatic rings. The number of aryl methyl sites for hydroxylation is 2. The van der Waals surface area contributed by atoms with Gasteiger partial charge in [0.1, 0.15) is 6.61 Å². The van der Waals surface area contributed by atoms with Gasteiger partial charge in [0.2, 0.25) is 0 Å². The number of hydrogen-bond acceptors (Lipinski definition) is 5. The van der Waals surface area contributed by atoms with E-state index in [2.05, 4.69) is 15.2 Å². The molecule has 0 bridgehead atoms. The number of aliphatic hydroxyl groups is 1. The molecule has 0 fully saturated rings. The number of ether oxygens (including phenoxy) is 1. The summed E-state index contributed by atoms with van der Waals surface area (Å²) >= 11 is 0. The highest BCUT2D eigenvalue weighted by Gasteiger charge is 2.15. The number of nitrogens with zero attached hydrogens (tertiary/aromatic N) is 5. The summed E-state index contributed by atoms with van der Waals surface area (Å²) in [6, 6.07) is 10.1. The first-order chi connectivity index (χ1) is 12.5. The van der Waals surface area contributed by atoms with Crippen LogP contribution in [-0.2, 0) is 17.9 Å². The Morgan fingerprint density at radius 1 is 1.19 bits per heavy atom. The Morgan fingerprint density at radius 3 is 2.65 bits per heavy atom. The van der Waals surface area contributed by atoms with E-state index in [1.807, 2.05) is 55.8 Å². The molecule has 26 heavy (non-hydrogen) atoms. The lowest BCUT2D eigenvalue weighted by Crippen LogP contribution is -2.17. The van der Waals surface area contributed by atoms with Gasteiger partial charge >= 0.3 is 0 Å². The van der Waals surface area contributed by atoms with Crippen molar-refractivity contribution in [1.82, 2.24) is 24.5 Å². The number of aromatic nitrogens is 5. The highest BCUT2D eigenvalue weighted by atomic mass is 16.5. The van der Waals surface area contributed by atoms with Crippen molar-refractivity contribution in [3.05, 3.63) is 47.5 Å². The van der Waals surface area contributed by atoms with E-state index in [0.29, 0.717) is 31.2 Å². The molecule has 7 nitrogen and oxygen atoms in total. The van der Waals surface area contributed by atoms with Crippen molar-refractivity contribution in [2.45, 2.75) is 46.4 Å². The van der Waals surface area contributed by atoms with Crippen molar-refractivity contribution in [2.24, 2.45) is 0 Å². The molecule has 1 atom stereocenters. The molecule has 138 valence electrons. The third kappa shape index (κ3) is 3.84. The second kappa shape index (κ2) is 7.80. The van der Waals surface area contributed by atoms with Crippen LogP contribution in [0.5, 0.6) is 0 Å². The lowest BCUT2D eigenvalue weighted by atomic mass is 10.2. The van der Waals surface area contributed by atoms with Crippen molar-refractivity contribution in [1.29, 1.82) is 0 Å². The molecule has 0 unspecified atom stereocenters. The summed E-state index contributed by atoms with van der Waals surface area (Å²) in [5.41, 5.74) is 3.94. The van der Waals surface area contributed by atoms with Gasteiger partial charge in [-0.15, -0.1) is 0 Å². The van der Waals surface area contributed by atoms with Crippen LogP contribution in [0, 0.1) is 13.8 Å². The summed E-state index contributed by atoms with van der Waals surface area (Å²) in [7, 11) is 1.62. The summed E-state index contributed by atoms with van der Waals surface area (Å²) in [5, 5.41) is 19.1. The van der Waals surface area contributed by atoms with Gasteiger partial charge in [0.25, 0.3) is 0 Å². The highest BCUT2D eigenvalue weighted by Crippen LogP contribution is 2.22. The van der Waals surface area contributed by atoms with E-state index in [-0.39, 0.29) is 0 Å². The van der Waals surface area contributed by atoms with Gasteiger partial charge in [0, 0.05) is 18.4 Å². The number of hydrogen-bond donors (Lipinski definition) is 1. The average Bonchev–Trinajstić information content (AvgIpc) is 3.17. The first kappa shape index (κ1) is 18.3. The standard InChI is InChI=1S/C19H25N5O2/c1-5-17(25)11-23-19(20-18(22-23)12-26-4)15-7-6-8-16(10-15)24-14(3)9-13(2)21-24/h6-10,17,25H,5,11-12H2,1-4H3/t17-/m1/s1. The largest absolute Gasteiger partial charge is 0.391 e. The van der Waals surface area contributed by atoms with Crippen LogP contribution in [-0.4, -0.2) is 42.9 Å². The van der Waals surface area contributed by atoms with Crippen LogP contribution in [0.3, 0.4) is 0 Å². The molecule has 2 aromatic heterocycles. The maximum Gasteiger partial charge on any atom is 0.176 e. The van der Waals surface area contributed by atoms with E-state index < -0.39 is 6.10 Å². The van der Waals surface area contributed by atoms with E-state index >= 15 is 0 Å².